The highest BCUT2D eigenvalue weighted by Gasteiger charge is 2.51. The van der Waals surface area contributed by atoms with Crippen molar-refractivity contribution in [1.82, 2.24) is 0 Å². The lowest BCUT2D eigenvalue weighted by atomic mass is 10.1. The number of benzene rings is 2. The molecule has 0 fully saturated rings. The minimum Gasteiger partial charge on any atom is -0.400 e. The summed E-state index contributed by atoms with van der Waals surface area (Å²) in [4.78, 5) is 1.30. The highest BCUT2D eigenvalue weighted by Crippen LogP contribution is 2.41. The SMILES string of the molecule is C/C(=C\C=C\CCCO)CCC(O[Si](c1ccccc1)(c1ccccc1)C(C)(C)C)c1cccs1. The molecule has 0 aliphatic rings. The third-order valence-corrected chi connectivity index (χ3v) is 12.5. The van der Waals surface area contributed by atoms with Gasteiger partial charge in [-0.1, -0.05) is 111 Å². The van der Waals surface area contributed by atoms with Crippen LogP contribution < -0.4 is 10.4 Å². The van der Waals surface area contributed by atoms with E-state index in [0.29, 0.717) is 0 Å². The van der Waals surface area contributed by atoms with Crippen molar-refractivity contribution < 1.29 is 9.53 Å². The van der Waals surface area contributed by atoms with E-state index in [4.69, 9.17) is 9.53 Å². The molecular weight excluding hydrogens is 464 g/mol. The van der Waals surface area contributed by atoms with Gasteiger partial charge in [-0.05, 0) is 59.5 Å². The van der Waals surface area contributed by atoms with E-state index >= 15 is 0 Å². The van der Waals surface area contributed by atoms with Crippen molar-refractivity contribution in [3.05, 3.63) is 107 Å². The first-order valence-corrected chi connectivity index (χ1v) is 15.4. The standard InChI is InChI=1S/C31H40O2SSi/c1-26(16-9-5-6-14-24-32)22-23-29(30-21-15-25-34-30)33-35(31(2,3)4,27-17-10-7-11-18-27)28-19-12-8-13-20-28/h5,7-13,15-21,25,29,32H,6,14,22-24H2,1-4H3/b9-5+,26-16+. The molecule has 0 saturated heterocycles. The van der Waals surface area contributed by atoms with Crippen molar-refractivity contribution in [2.24, 2.45) is 0 Å². The number of thiophene rings is 1. The van der Waals surface area contributed by atoms with Crippen LogP contribution in [0.15, 0.2) is 102 Å². The van der Waals surface area contributed by atoms with E-state index in [0.717, 1.165) is 25.7 Å². The summed E-state index contributed by atoms with van der Waals surface area (Å²) in [5, 5.41) is 13.7. The first-order valence-electron chi connectivity index (χ1n) is 12.6. The molecule has 3 rings (SSSR count). The Hall–Kier alpha value is -2.24. The molecule has 4 heteroatoms. The summed E-state index contributed by atoms with van der Waals surface area (Å²) in [5.74, 6) is 0. The minimum absolute atomic E-state index is 0.0306. The second-order valence-corrected chi connectivity index (χ2v) is 15.4. The van der Waals surface area contributed by atoms with Crippen LogP contribution in [0.1, 0.15) is 64.4 Å². The fourth-order valence-corrected chi connectivity index (χ4v) is 10.2. The molecule has 1 aromatic heterocycles. The van der Waals surface area contributed by atoms with Crippen LogP contribution in [0.5, 0.6) is 0 Å². The van der Waals surface area contributed by atoms with Crippen molar-refractivity contribution >= 4 is 30.0 Å². The van der Waals surface area contributed by atoms with Crippen molar-refractivity contribution in [2.45, 2.75) is 64.5 Å². The fraction of sp³-hybridized carbons (Fsp3) is 0.355. The quantitative estimate of drug-likeness (QED) is 0.158. The molecular formula is C31H40O2SSi. The van der Waals surface area contributed by atoms with Crippen molar-refractivity contribution in [3.8, 4) is 0 Å². The van der Waals surface area contributed by atoms with E-state index in [1.54, 1.807) is 11.3 Å². The van der Waals surface area contributed by atoms with Gasteiger partial charge in [-0.2, -0.15) is 0 Å². The average molecular weight is 505 g/mol. The van der Waals surface area contributed by atoms with Gasteiger partial charge < -0.3 is 9.53 Å². The molecule has 2 nitrogen and oxygen atoms in total. The van der Waals surface area contributed by atoms with E-state index in [2.05, 4.69) is 124 Å². The zero-order chi connectivity index (χ0) is 25.2. The van der Waals surface area contributed by atoms with Crippen LogP contribution in [0, 0.1) is 0 Å². The molecule has 0 amide bonds. The Bertz CT molecular complexity index is 1010. The first kappa shape index (κ1) is 27.3. The van der Waals surface area contributed by atoms with Crippen LogP contribution >= 0.6 is 11.3 Å². The van der Waals surface area contributed by atoms with Gasteiger partial charge in [0.05, 0.1) is 6.10 Å². The predicted molar refractivity (Wildman–Crippen MR) is 154 cm³/mol. The van der Waals surface area contributed by atoms with Gasteiger partial charge in [0.2, 0.25) is 0 Å². The number of hydrogen-bond acceptors (Lipinski definition) is 3. The normalized spacial score (nSPS) is 13.9. The lowest BCUT2D eigenvalue weighted by molar-refractivity contribution is 0.184. The maximum absolute atomic E-state index is 8.97. The van der Waals surface area contributed by atoms with Gasteiger partial charge in [-0.25, -0.2) is 0 Å². The summed E-state index contributed by atoms with van der Waals surface area (Å²) in [5.41, 5.74) is 1.35. The number of aliphatic hydroxyl groups excluding tert-OH is 1. The summed E-state index contributed by atoms with van der Waals surface area (Å²) in [7, 11) is -2.63. The minimum atomic E-state index is -2.63. The Balaban J connectivity index is 1.97. The Morgan fingerprint density at radius 3 is 2.11 bits per heavy atom. The predicted octanol–water partition coefficient (Wildman–Crippen LogP) is 7.42. The summed E-state index contributed by atoms with van der Waals surface area (Å²) in [6.45, 7) is 9.47. The number of aliphatic hydroxyl groups is 1. The van der Waals surface area contributed by atoms with Gasteiger partial charge >= 0.3 is 0 Å². The zero-order valence-corrected chi connectivity index (χ0v) is 23.4. The van der Waals surface area contributed by atoms with Gasteiger partial charge in [0, 0.05) is 11.5 Å². The van der Waals surface area contributed by atoms with Crippen LogP contribution in [0.3, 0.4) is 0 Å². The molecule has 0 aliphatic heterocycles. The van der Waals surface area contributed by atoms with E-state index < -0.39 is 8.32 Å². The molecule has 2 aromatic carbocycles. The highest BCUT2D eigenvalue weighted by atomic mass is 32.1. The molecule has 35 heavy (non-hydrogen) atoms. The number of unbranched alkanes of at least 4 members (excludes halogenated alkanes) is 1. The second kappa shape index (κ2) is 13.2. The number of allylic oxidation sites excluding steroid dienone is 4. The maximum Gasteiger partial charge on any atom is 0.261 e. The molecule has 0 radical (unpaired) electrons. The van der Waals surface area contributed by atoms with Gasteiger partial charge in [0.25, 0.3) is 8.32 Å². The molecule has 3 aromatic rings. The molecule has 0 spiro atoms. The van der Waals surface area contributed by atoms with Crippen LogP contribution in [-0.4, -0.2) is 20.0 Å². The maximum atomic E-state index is 8.97. The van der Waals surface area contributed by atoms with Gasteiger partial charge in [0.15, 0.2) is 0 Å². The summed E-state index contributed by atoms with van der Waals surface area (Å²) < 4.78 is 7.50. The Morgan fingerprint density at radius 2 is 1.60 bits per heavy atom. The molecule has 1 unspecified atom stereocenters. The molecule has 1 N–H and O–H groups in total. The van der Waals surface area contributed by atoms with Gasteiger partial charge in [-0.3, -0.25) is 0 Å². The first-order chi connectivity index (χ1) is 16.9. The van der Waals surface area contributed by atoms with E-state index in [1.807, 2.05) is 0 Å². The van der Waals surface area contributed by atoms with Crippen molar-refractivity contribution in [2.75, 3.05) is 6.61 Å². The van der Waals surface area contributed by atoms with Crippen molar-refractivity contribution in [3.63, 3.8) is 0 Å². The lowest BCUT2D eigenvalue weighted by Gasteiger charge is -2.45. The topological polar surface area (TPSA) is 29.5 Å². The van der Waals surface area contributed by atoms with Crippen LogP contribution in [0.4, 0.5) is 0 Å². The van der Waals surface area contributed by atoms with Crippen LogP contribution in [-0.2, 0) is 4.43 Å². The largest absolute Gasteiger partial charge is 0.400 e. The third-order valence-electron chi connectivity index (χ3n) is 6.44. The molecule has 0 aliphatic carbocycles. The number of hydrogen-bond donors (Lipinski definition) is 1. The fourth-order valence-electron chi connectivity index (χ4n) is 4.62. The third kappa shape index (κ3) is 7.14. The molecule has 0 saturated carbocycles. The van der Waals surface area contributed by atoms with Crippen molar-refractivity contribution in [1.29, 1.82) is 0 Å². The second-order valence-electron chi connectivity index (χ2n) is 10.1. The summed E-state index contributed by atoms with van der Waals surface area (Å²) >= 11 is 1.79. The van der Waals surface area contributed by atoms with Crippen LogP contribution in [0.25, 0.3) is 0 Å². The van der Waals surface area contributed by atoms with Crippen LogP contribution in [0.2, 0.25) is 5.04 Å². The summed E-state index contributed by atoms with van der Waals surface area (Å²) in [6.07, 6.45) is 10.1. The Labute approximate surface area is 217 Å². The monoisotopic (exact) mass is 504 g/mol. The van der Waals surface area contributed by atoms with E-state index in [1.165, 1.54) is 20.8 Å². The molecule has 1 atom stereocenters. The average Bonchev–Trinajstić information content (AvgIpc) is 3.39. The molecule has 186 valence electrons. The highest BCUT2D eigenvalue weighted by molar-refractivity contribution is 7.10. The number of rotatable bonds is 12. The summed E-state index contributed by atoms with van der Waals surface area (Å²) in [6, 6.07) is 26.2. The molecule has 0 bridgehead atoms. The van der Waals surface area contributed by atoms with E-state index in [-0.39, 0.29) is 17.7 Å². The smallest absolute Gasteiger partial charge is 0.261 e. The Kier molecular flexibility index (Phi) is 10.3. The zero-order valence-electron chi connectivity index (χ0n) is 21.6. The van der Waals surface area contributed by atoms with Gasteiger partial charge in [0.1, 0.15) is 0 Å². The lowest BCUT2D eigenvalue weighted by Crippen LogP contribution is -2.66. The van der Waals surface area contributed by atoms with Gasteiger partial charge in [-0.15, -0.1) is 11.3 Å². The van der Waals surface area contributed by atoms with E-state index in [9.17, 15) is 0 Å². The Morgan fingerprint density at radius 1 is 0.971 bits per heavy atom. The molecule has 1 heterocycles.